The van der Waals surface area contributed by atoms with Crippen LogP contribution in [-0.2, 0) is 32.1 Å². The van der Waals surface area contributed by atoms with Gasteiger partial charge in [0.2, 0.25) is 0 Å². The molecule has 6 aromatic rings. The van der Waals surface area contributed by atoms with E-state index in [1.807, 2.05) is 18.2 Å². The molecule has 4 nitrogen and oxygen atoms in total. The van der Waals surface area contributed by atoms with Crippen LogP contribution < -0.4 is 5.73 Å². The first-order valence-corrected chi connectivity index (χ1v) is 17.5. The zero-order valence-electron chi connectivity index (χ0n) is 27.9. The number of carboxylic acids is 1. The predicted octanol–water partition coefficient (Wildman–Crippen LogP) is 11.4. The second-order valence-electron chi connectivity index (χ2n) is 13.0. The Balaban J connectivity index is 0.000000189. The van der Waals surface area contributed by atoms with Gasteiger partial charge in [-0.1, -0.05) is 114 Å². The number of nitrogen functional groups attached to an aromatic ring is 1. The van der Waals surface area contributed by atoms with Crippen molar-refractivity contribution in [3.8, 4) is 33.4 Å². The lowest BCUT2D eigenvalue weighted by atomic mass is 9.91. The van der Waals surface area contributed by atoms with E-state index in [0.717, 1.165) is 66.4 Å². The van der Waals surface area contributed by atoms with Gasteiger partial charge in [-0.2, -0.15) is 13.2 Å². The van der Waals surface area contributed by atoms with E-state index in [2.05, 4.69) is 59.5 Å². The summed E-state index contributed by atoms with van der Waals surface area (Å²) in [5.74, 6) is -1.12. The summed E-state index contributed by atoms with van der Waals surface area (Å²) >= 11 is 12.5. The van der Waals surface area contributed by atoms with Gasteiger partial charge in [0.15, 0.2) is 0 Å². The van der Waals surface area contributed by atoms with Crippen LogP contribution in [-0.4, -0.2) is 22.5 Å². The minimum atomic E-state index is -4.40. The zero-order valence-corrected chi connectivity index (χ0v) is 29.4. The number of rotatable bonds is 5. The molecular formula is C43H33Cl2F3N2O2. The number of anilines is 1. The first-order chi connectivity index (χ1) is 25.0. The number of carboxylic acid groups (broad SMARTS) is 1. The van der Waals surface area contributed by atoms with E-state index in [-0.39, 0.29) is 5.56 Å². The molecule has 0 spiro atoms. The molecule has 1 aliphatic heterocycles. The van der Waals surface area contributed by atoms with Crippen LogP contribution in [0.2, 0.25) is 10.0 Å². The minimum absolute atomic E-state index is 0.0576. The molecule has 0 amide bonds. The Kier molecular flexibility index (Phi) is 9.86. The summed E-state index contributed by atoms with van der Waals surface area (Å²) in [5, 5.41) is 10.4. The van der Waals surface area contributed by atoms with Gasteiger partial charge in [-0.3, -0.25) is 4.90 Å². The molecule has 1 aliphatic carbocycles. The molecule has 2 aliphatic rings. The summed E-state index contributed by atoms with van der Waals surface area (Å²) in [6, 6.07) is 36.2. The maximum absolute atomic E-state index is 12.4. The van der Waals surface area contributed by atoms with Crippen molar-refractivity contribution in [1.29, 1.82) is 0 Å². The molecule has 0 atom stereocenters. The fourth-order valence-corrected chi connectivity index (χ4v) is 7.52. The number of alkyl halides is 3. The number of fused-ring (bicyclic) bond motifs is 4. The first-order valence-electron chi connectivity index (χ1n) is 16.7. The minimum Gasteiger partial charge on any atom is -0.478 e. The Morgan fingerprint density at radius 1 is 0.731 bits per heavy atom. The van der Waals surface area contributed by atoms with E-state index < -0.39 is 17.7 Å². The third kappa shape index (κ3) is 7.30. The molecule has 1 heterocycles. The van der Waals surface area contributed by atoms with Crippen LogP contribution >= 0.6 is 23.2 Å². The SMILES string of the molecule is Nc1c(-c2ccc3c(c2)CCN(Cc2ccc(Cl)cc2Cl)C3)ccc2c1Cc1ccccc1-2.O=C(O)c1ccccc1-c1ccc(C(F)(F)F)cc1. The molecule has 0 bridgehead atoms. The summed E-state index contributed by atoms with van der Waals surface area (Å²) in [7, 11) is 0. The highest BCUT2D eigenvalue weighted by atomic mass is 35.5. The average molecular weight is 738 g/mol. The number of nitrogens with zero attached hydrogens (tertiary/aromatic N) is 1. The summed E-state index contributed by atoms with van der Waals surface area (Å²) in [4.78, 5) is 13.5. The molecular weight excluding hydrogens is 704 g/mol. The molecule has 0 radical (unpaired) electrons. The summed E-state index contributed by atoms with van der Waals surface area (Å²) < 4.78 is 37.3. The van der Waals surface area contributed by atoms with Crippen LogP contribution in [0.15, 0.2) is 121 Å². The number of benzene rings is 6. The van der Waals surface area contributed by atoms with Crippen molar-refractivity contribution in [3.63, 3.8) is 0 Å². The third-order valence-electron chi connectivity index (χ3n) is 9.73. The molecule has 3 N–H and O–H groups in total. The van der Waals surface area contributed by atoms with Crippen molar-refractivity contribution >= 4 is 34.9 Å². The van der Waals surface area contributed by atoms with Gasteiger partial charge in [-0.15, -0.1) is 0 Å². The van der Waals surface area contributed by atoms with Gasteiger partial charge >= 0.3 is 12.1 Å². The van der Waals surface area contributed by atoms with Crippen LogP contribution in [0.4, 0.5) is 18.9 Å². The zero-order chi connectivity index (χ0) is 36.6. The normalized spacial score (nSPS) is 13.4. The summed E-state index contributed by atoms with van der Waals surface area (Å²) in [6.07, 6.45) is -2.46. The van der Waals surface area contributed by atoms with Gasteiger partial charge in [0, 0.05) is 47.4 Å². The topological polar surface area (TPSA) is 66.6 Å². The van der Waals surface area contributed by atoms with Gasteiger partial charge in [0.1, 0.15) is 0 Å². The maximum atomic E-state index is 12.4. The van der Waals surface area contributed by atoms with E-state index in [4.69, 9.17) is 34.0 Å². The Bertz CT molecular complexity index is 2300. The second-order valence-corrected chi connectivity index (χ2v) is 13.8. The summed E-state index contributed by atoms with van der Waals surface area (Å²) in [6.45, 7) is 2.75. The number of hydrogen-bond donors (Lipinski definition) is 2. The molecule has 0 saturated heterocycles. The summed E-state index contributed by atoms with van der Waals surface area (Å²) in [5.41, 5.74) is 19.2. The molecule has 52 heavy (non-hydrogen) atoms. The van der Waals surface area contributed by atoms with Crippen LogP contribution in [0.5, 0.6) is 0 Å². The van der Waals surface area contributed by atoms with Gasteiger partial charge in [0.05, 0.1) is 11.1 Å². The lowest BCUT2D eigenvalue weighted by molar-refractivity contribution is -0.137. The van der Waals surface area contributed by atoms with Crippen molar-refractivity contribution in [1.82, 2.24) is 4.90 Å². The van der Waals surface area contributed by atoms with E-state index in [9.17, 15) is 18.0 Å². The molecule has 0 unspecified atom stereocenters. The number of halogens is 5. The standard InChI is InChI=1S/C29H24Cl2N2.C14H9F3O2/c30-23-8-7-22(28(31)15-23)17-33-12-11-18-13-20(5-6-21(18)16-33)25-9-10-26-24-4-2-1-3-19(24)14-27(26)29(25)32;15-14(16,17)10-7-5-9(6-8-10)11-3-1-2-4-12(11)13(18)19/h1-10,13,15H,11-12,14,16-17,32H2;1-8H,(H,18,19). The monoisotopic (exact) mass is 736 g/mol. The number of carbonyl (C=O) groups is 1. The highest BCUT2D eigenvalue weighted by Gasteiger charge is 2.30. The van der Waals surface area contributed by atoms with E-state index in [0.29, 0.717) is 16.1 Å². The number of nitrogens with two attached hydrogens (primary N) is 1. The van der Waals surface area contributed by atoms with E-state index in [1.165, 1.54) is 57.1 Å². The molecule has 0 saturated carbocycles. The first kappa shape index (κ1) is 35.3. The lowest BCUT2D eigenvalue weighted by Crippen LogP contribution is -2.30. The average Bonchev–Trinajstić information content (AvgIpc) is 3.52. The van der Waals surface area contributed by atoms with Crippen molar-refractivity contribution in [2.24, 2.45) is 0 Å². The second kappa shape index (κ2) is 14.5. The van der Waals surface area contributed by atoms with Crippen LogP contribution in [0.1, 0.15) is 43.7 Å². The highest BCUT2D eigenvalue weighted by molar-refractivity contribution is 6.35. The van der Waals surface area contributed by atoms with Crippen molar-refractivity contribution < 1.29 is 23.1 Å². The van der Waals surface area contributed by atoms with Gasteiger partial charge < -0.3 is 10.8 Å². The van der Waals surface area contributed by atoms with E-state index in [1.54, 1.807) is 18.2 Å². The van der Waals surface area contributed by atoms with Crippen LogP contribution in [0, 0.1) is 0 Å². The van der Waals surface area contributed by atoms with Crippen LogP contribution in [0.3, 0.4) is 0 Å². The Morgan fingerprint density at radius 3 is 2.15 bits per heavy atom. The fourth-order valence-electron chi connectivity index (χ4n) is 7.05. The third-order valence-corrected chi connectivity index (χ3v) is 10.3. The molecule has 0 aromatic heterocycles. The van der Waals surface area contributed by atoms with Crippen molar-refractivity contribution in [2.75, 3.05) is 12.3 Å². The Labute approximate surface area is 309 Å². The van der Waals surface area contributed by atoms with Crippen LogP contribution in [0.25, 0.3) is 33.4 Å². The van der Waals surface area contributed by atoms with Gasteiger partial charge in [0.25, 0.3) is 0 Å². The highest BCUT2D eigenvalue weighted by Crippen LogP contribution is 2.43. The van der Waals surface area contributed by atoms with E-state index >= 15 is 0 Å². The molecule has 9 heteroatoms. The van der Waals surface area contributed by atoms with Crippen molar-refractivity contribution in [2.45, 2.75) is 32.1 Å². The predicted molar refractivity (Wildman–Crippen MR) is 203 cm³/mol. The maximum Gasteiger partial charge on any atom is 0.416 e. The molecule has 8 rings (SSSR count). The largest absolute Gasteiger partial charge is 0.478 e. The molecule has 262 valence electrons. The van der Waals surface area contributed by atoms with Gasteiger partial charge in [-0.25, -0.2) is 4.79 Å². The quantitative estimate of drug-likeness (QED) is 0.173. The fraction of sp³-hybridized carbons (Fsp3) is 0.140. The molecule has 6 aromatic carbocycles. The Hall–Kier alpha value is -5.08. The molecule has 0 fully saturated rings. The van der Waals surface area contributed by atoms with Crippen molar-refractivity contribution in [3.05, 3.63) is 170 Å². The number of hydrogen-bond acceptors (Lipinski definition) is 3. The van der Waals surface area contributed by atoms with Gasteiger partial charge in [-0.05, 0) is 92.4 Å². The Morgan fingerprint density at radius 2 is 1.42 bits per heavy atom. The lowest BCUT2D eigenvalue weighted by Gasteiger charge is -2.29. The smallest absolute Gasteiger partial charge is 0.416 e. The number of aromatic carboxylic acids is 1.